The Morgan fingerprint density at radius 1 is 0.912 bits per heavy atom. The van der Waals surface area contributed by atoms with Gasteiger partial charge in [-0.25, -0.2) is 4.39 Å². The highest BCUT2D eigenvalue weighted by Crippen LogP contribution is 2.25. The zero-order valence-corrected chi connectivity index (χ0v) is 19.5. The lowest BCUT2D eigenvalue weighted by Gasteiger charge is -2.32. The molecule has 34 heavy (non-hydrogen) atoms. The van der Waals surface area contributed by atoms with Crippen LogP contribution in [0.25, 0.3) is 0 Å². The fourth-order valence-electron chi connectivity index (χ4n) is 3.72. The molecule has 1 unspecified atom stereocenters. The molecule has 0 aliphatic heterocycles. The third-order valence-electron chi connectivity index (χ3n) is 5.43. The van der Waals surface area contributed by atoms with E-state index in [9.17, 15) is 14.0 Å². The van der Waals surface area contributed by atoms with Crippen LogP contribution in [0.1, 0.15) is 36.1 Å². The van der Waals surface area contributed by atoms with Crippen molar-refractivity contribution in [3.05, 3.63) is 107 Å². The Balaban J connectivity index is 1.89. The third kappa shape index (κ3) is 7.52. The standard InChI is InChI=1S/C28H31FN2O3/c1-2-34-19-9-18-30-28(33)27(24-12-7-4-8-13-24)31(21-23-14-16-25(29)17-15-23)26(32)20-22-10-5-3-6-11-22/h3-8,10-17,27H,2,9,18-21H2,1H3,(H,30,33). The highest BCUT2D eigenvalue weighted by Gasteiger charge is 2.31. The molecule has 178 valence electrons. The first kappa shape index (κ1) is 25.1. The van der Waals surface area contributed by atoms with Crippen molar-refractivity contribution in [1.82, 2.24) is 10.2 Å². The minimum Gasteiger partial charge on any atom is -0.382 e. The molecule has 1 atom stereocenters. The van der Waals surface area contributed by atoms with Crippen molar-refractivity contribution in [2.45, 2.75) is 32.4 Å². The zero-order chi connectivity index (χ0) is 24.2. The first-order valence-corrected chi connectivity index (χ1v) is 11.6. The van der Waals surface area contributed by atoms with Crippen molar-refractivity contribution in [2.24, 2.45) is 0 Å². The van der Waals surface area contributed by atoms with Crippen LogP contribution in [0.15, 0.2) is 84.9 Å². The number of amides is 2. The van der Waals surface area contributed by atoms with E-state index in [-0.39, 0.29) is 30.6 Å². The molecule has 3 rings (SSSR count). The van der Waals surface area contributed by atoms with Crippen molar-refractivity contribution in [3.8, 4) is 0 Å². The van der Waals surface area contributed by atoms with Crippen molar-refractivity contribution >= 4 is 11.8 Å². The molecule has 0 fully saturated rings. The van der Waals surface area contributed by atoms with Crippen LogP contribution in [0, 0.1) is 5.82 Å². The topological polar surface area (TPSA) is 58.6 Å². The second-order valence-electron chi connectivity index (χ2n) is 7.97. The Hall–Kier alpha value is -3.51. The minimum absolute atomic E-state index is 0.156. The van der Waals surface area contributed by atoms with E-state index in [2.05, 4.69) is 5.32 Å². The van der Waals surface area contributed by atoms with E-state index in [1.807, 2.05) is 67.6 Å². The van der Waals surface area contributed by atoms with Crippen LogP contribution in [0.3, 0.4) is 0 Å². The van der Waals surface area contributed by atoms with E-state index in [4.69, 9.17) is 4.74 Å². The highest BCUT2D eigenvalue weighted by atomic mass is 19.1. The predicted molar refractivity (Wildman–Crippen MR) is 130 cm³/mol. The van der Waals surface area contributed by atoms with Crippen LogP contribution in [0.2, 0.25) is 0 Å². The molecular weight excluding hydrogens is 431 g/mol. The normalized spacial score (nSPS) is 11.6. The minimum atomic E-state index is -0.824. The van der Waals surface area contributed by atoms with Gasteiger partial charge < -0.3 is 15.0 Å². The molecule has 0 radical (unpaired) electrons. The Bertz CT molecular complexity index is 1030. The molecule has 0 spiro atoms. The molecule has 6 heteroatoms. The number of nitrogens with one attached hydrogen (secondary N) is 1. The third-order valence-corrected chi connectivity index (χ3v) is 5.43. The maximum absolute atomic E-state index is 13.6. The van der Waals surface area contributed by atoms with E-state index in [1.54, 1.807) is 17.0 Å². The molecule has 0 bridgehead atoms. The van der Waals surface area contributed by atoms with Gasteiger partial charge in [0.15, 0.2) is 0 Å². The zero-order valence-electron chi connectivity index (χ0n) is 19.5. The average molecular weight is 463 g/mol. The fourth-order valence-corrected chi connectivity index (χ4v) is 3.72. The summed E-state index contributed by atoms with van der Waals surface area (Å²) in [6.07, 6.45) is 0.833. The van der Waals surface area contributed by atoms with Gasteiger partial charge in [-0.3, -0.25) is 9.59 Å². The molecule has 0 aliphatic rings. The lowest BCUT2D eigenvalue weighted by Crippen LogP contribution is -2.44. The van der Waals surface area contributed by atoms with Crippen molar-refractivity contribution in [3.63, 3.8) is 0 Å². The van der Waals surface area contributed by atoms with Crippen LogP contribution < -0.4 is 5.32 Å². The smallest absolute Gasteiger partial charge is 0.247 e. The number of halogens is 1. The van der Waals surface area contributed by atoms with E-state index in [0.717, 1.165) is 11.1 Å². The van der Waals surface area contributed by atoms with E-state index < -0.39 is 6.04 Å². The summed E-state index contributed by atoms with van der Waals surface area (Å²) in [6, 6.07) is 23.9. The largest absolute Gasteiger partial charge is 0.382 e. The summed E-state index contributed by atoms with van der Waals surface area (Å²) < 4.78 is 18.8. The monoisotopic (exact) mass is 462 g/mol. The summed E-state index contributed by atoms with van der Waals surface area (Å²) in [7, 11) is 0. The van der Waals surface area contributed by atoms with Gasteiger partial charge in [0.25, 0.3) is 0 Å². The molecule has 2 amide bonds. The van der Waals surface area contributed by atoms with Crippen LogP contribution in [0.4, 0.5) is 4.39 Å². The predicted octanol–water partition coefficient (Wildman–Crippen LogP) is 4.68. The summed E-state index contributed by atoms with van der Waals surface area (Å²) in [6.45, 7) is 3.73. The highest BCUT2D eigenvalue weighted by molar-refractivity contribution is 5.89. The number of nitrogens with zero attached hydrogens (tertiary/aromatic N) is 1. The number of ether oxygens (including phenoxy) is 1. The van der Waals surface area contributed by atoms with Crippen LogP contribution >= 0.6 is 0 Å². The Morgan fingerprint density at radius 2 is 1.56 bits per heavy atom. The van der Waals surface area contributed by atoms with Crippen molar-refractivity contribution < 1.29 is 18.7 Å². The van der Waals surface area contributed by atoms with Gasteiger partial charge >= 0.3 is 0 Å². The molecule has 0 saturated heterocycles. The van der Waals surface area contributed by atoms with Gasteiger partial charge in [0.2, 0.25) is 11.8 Å². The quantitative estimate of drug-likeness (QED) is 0.398. The summed E-state index contributed by atoms with van der Waals surface area (Å²) in [5.74, 6) is -0.794. The van der Waals surface area contributed by atoms with Crippen LogP contribution in [-0.4, -0.2) is 36.5 Å². The maximum Gasteiger partial charge on any atom is 0.247 e. The molecule has 3 aromatic carbocycles. The number of carbonyl (C=O) groups is 2. The van der Waals surface area contributed by atoms with Gasteiger partial charge in [-0.1, -0.05) is 72.8 Å². The van der Waals surface area contributed by atoms with Gasteiger partial charge in [0, 0.05) is 26.3 Å². The summed E-state index contributed by atoms with van der Waals surface area (Å²) in [4.78, 5) is 28.6. The summed E-state index contributed by atoms with van der Waals surface area (Å²) in [5.41, 5.74) is 2.32. The summed E-state index contributed by atoms with van der Waals surface area (Å²) in [5, 5.41) is 2.96. The molecular formula is C28H31FN2O3. The number of rotatable bonds is 12. The molecule has 0 heterocycles. The van der Waals surface area contributed by atoms with E-state index >= 15 is 0 Å². The van der Waals surface area contributed by atoms with Gasteiger partial charge in [0.05, 0.1) is 6.42 Å². The fraction of sp³-hybridized carbons (Fsp3) is 0.286. The number of benzene rings is 3. The molecule has 5 nitrogen and oxygen atoms in total. The Labute approximate surface area is 200 Å². The molecule has 0 aliphatic carbocycles. The Kier molecular flexibility index (Phi) is 9.80. The first-order chi connectivity index (χ1) is 16.6. The summed E-state index contributed by atoms with van der Waals surface area (Å²) >= 11 is 0. The van der Waals surface area contributed by atoms with E-state index in [0.29, 0.717) is 31.7 Å². The van der Waals surface area contributed by atoms with Crippen LogP contribution in [-0.2, 0) is 27.3 Å². The molecule has 0 saturated carbocycles. The van der Waals surface area contributed by atoms with Gasteiger partial charge in [-0.2, -0.15) is 0 Å². The molecule has 3 aromatic rings. The van der Waals surface area contributed by atoms with Crippen LogP contribution in [0.5, 0.6) is 0 Å². The SMILES string of the molecule is CCOCCCNC(=O)C(c1ccccc1)N(Cc1ccc(F)cc1)C(=O)Cc1ccccc1. The number of hydrogen-bond donors (Lipinski definition) is 1. The van der Waals surface area contributed by atoms with Crippen molar-refractivity contribution in [1.29, 1.82) is 0 Å². The van der Waals surface area contributed by atoms with Crippen molar-refractivity contribution in [2.75, 3.05) is 19.8 Å². The second kappa shape index (κ2) is 13.3. The van der Waals surface area contributed by atoms with Gasteiger partial charge in [-0.05, 0) is 42.2 Å². The second-order valence-corrected chi connectivity index (χ2v) is 7.97. The molecule has 1 N–H and O–H groups in total. The first-order valence-electron chi connectivity index (χ1n) is 11.6. The number of hydrogen-bond acceptors (Lipinski definition) is 3. The Morgan fingerprint density at radius 3 is 2.21 bits per heavy atom. The lowest BCUT2D eigenvalue weighted by atomic mass is 10.0. The maximum atomic E-state index is 13.6. The number of carbonyl (C=O) groups excluding carboxylic acids is 2. The lowest BCUT2D eigenvalue weighted by molar-refractivity contribution is -0.141. The van der Waals surface area contributed by atoms with E-state index in [1.165, 1.54) is 12.1 Å². The van der Waals surface area contributed by atoms with Gasteiger partial charge in [0.1, 0.15) is 11.9 Å². The average Bonchev–Trinajstić information content (AvgIpc) is 2.86. The van der Waals surface area contributed by atoms with Gasteiger partial charge in [-0.15, -0.1) is 0 Å². The molecule has 0 aromatic heterocycles.